The van der Waals surface area contributed by atoms with Crippen LogP contribution in [0.3, 0.4) is 0 Å². The normalized spacial score (nSPS) is 11.2. The fraction of sp³-hybridized carbons (Fsp3) is 0.562. The van der Waals surface area contributed by atoms with Crippen molar-refractivity contribution in [2.75, 3.05) is 26.8 Å². The van der Waals surface area contributed by atoms with Crippen LogP contribution in [0.5, 0.6) is 5.75 Å². The predicted octanol–water partition coefficient (Wildman–Crippen LogP) is 2.65. The molecule has 1 aromatic carbocycles. The quantitative estimate of drug-likeness (QED) is 0.803. The molecule has 0 saturated heterocycles. The summed E-state index contributed by atoms with van der Waals surface area (Å²) in [7, 11) is 1.76. The van der Waals surface area contributed by atoms with E-state index in [1.807, 2.05) is 52.0 Å². The van der Waals surface area contributed by atoms with E-state index in [-0.39, 0.29) is 18.1 Å². The van der Waals surface area contributed by atoms with Crippen molar-refractivity contribution in [3.05, 3.63) is 29.8 Å². The summed E-state index contributed by atoms with van der Waals surface area (Å²) >= 11 is 0. The van der Waals surface area contributed by atoms with Gasteiger partial charge in [0.1, 0.15) is 19.0 Å². The first-order valence-corrected chi connectivity index (χ1v) is 6.85. The highest BCUT2D eigenvalue weighted by Gasteiger charge is 2.15. The van der Waals surface area contributed by atoms with Gasteiger partial charge in [0.05, 0.1) is 12.1 Å². The molecule has 0 aliphatic carbocycles. The zero-order valence-corrected chi connectivity index (χ0v) is 13.1. The van der Waals surface area contributed by atoms with Gasteiger partial charge in [-0.1, -0.05) is 12.1 Å². The third-order valence-electron chi connectivity index (χ3n) is 2.74. The maximum Gasteiger partial charge on any atom is 0.248 e. The molecule has 0 N–H and O–H groups in total. The van der Waals surface area contributed by atoms with Crippen LogP contribution < -0.4 is 4.74 Å². The second-order valence-corrected chi connectivity index (χ2v) is 5.88. The van der Waals surface area contributed by atoms with Crippen molar-refractivity contribution in [2.45, 2.75) is 33.3 Å². The molecule has 0 heterocycles. The molecule has 4 heteroatoms. The maximum atomic E-state index is 11.8. The molecule has 112 valence electrons. The van der Waals surface area contributed by atoms with Gasteiger partial charge in [0, 0.05) is 7.05 Å². The minimum absolute atomic E-state index is 0.0345. The highest BCUT2D eigenvalue weighted by Crippen LogP contribution is 2.12. The van der Waals surface area contributed by atoms with Crippen LogP contribution >= 0.6 is 0 Å². The number of carbonyl (C=O) groups excluding carboxylic acids is 1. The highest BCUT2D eigenvalue weighted by molar-refractivity contribution is 5.77. The van der Waals surface area contributed by atoms with E-state index in [4.69, 9.17) is 9.47 Å². The molecule has 0 saturated carbocycles. The summed E-state index contributed by atoms with van der Waals surface area (Å²) in [5.41, 5.74) is 0.861. The minimum atomic E-state index is -0.297. The Morgan fingerprint density at radius 3 is 2.60 bits per heavy atom. The molecule has 0 radical (unpaired) electrons. The Morgan fingerprint density at radius 1 is 1.30 bits per heavy atom. The lowest BCUT2D eigenvalue weighted by atomic mass is 10.2. The highest BCUT2D eigenvalue weighted by atomic mass is 16.5. The number of likely N-dealkylation sites (N-methyl/N-ethyl adjacent to an activating group) is 1. The maximum absolute atomic E-state index is 11.8. The van der Waals surface area contributed by atoms with Crippen molar-refractivity contribution in [3.63, 3.8) is 0 Å². The number of hydrogen-bond donors (Lipinski definition) is 0. The molecule has 0 aliphatic rings. The van der Waals surface area contributed by atoms with Gasteiger partial charge in [-0.25, -0.2) is 0 Å². The van der Waals surface area contributed by atoms with Crippen molar-refractivity contribution >= 4 is 5.91 Å². The van der Waals surface area contributed by atoms with Crippen LogP contribution in [-0.4, -0.2) is 43.2 Å². The topological polar surface area (TPSA) is 38.8 Å². The van der Waals surface area contributed by atoms with Gasteiger partial charge in [-0.05, 0) is 45.4 Å². The lowest BCUT2D eigenvalue weighted by Gasteiger charge is -2.22. The third-order valence-corrected chi connectivity index (χ3v) is 2.74. The first kappa shape index (κ1) is 16.5. The van der Waals surface area contributed by atoms with Crippen LogP contribution in [-0.2, 0) is 9.53 Å². The number of aryl methyl sites for hydroxylation is 1. The van der Waals surface area contributed by atoms with Gasteiger partial charge in [0.2, 0.25) is 5.91 Å². The first-order valence-electron chi connectivity index (χ1n) is 6.85. The van der Waals surface area contributed by atoms with E-state index < -0.39 is 0 Å². The average Bonchev–Trinajstić information content (AvgIpc) is 2.35. The van der Waals surface area contributed by atoms with Gasteiger partial charge in [-0.3, -0.25) is 4.79 Å². The lowest BCUT2D eigenvalue weighted by Crippen LogP contribution is -2.36. The number of ether oxygens (including phenoxy) is 2. The van der Waals surface area contributed by atoms with Crippen molar-refractivity contribution < 1.29 is 14.3 Å². The molecule has 0 aromatic heterocycles. The average molecular weight is 279 g/mol. The van der Waals surface area contributed by atoms with Gasteiger partial charge >= 0.3 is 0 Å². The van der Waals surface area contributed by atoms with Crippen LogP contribution in [0.4, 0.5) is 0 Å². The Hall–Kier alpha value is -1.55. The van der Waals surface area contributed by atoms with E-state index in [0.29, 0.717) is 13.2 Å². The van der Waals surface area contributed by atoms with Crippen LogP contribution in [0.1, 0.15) is 26.3 Å². The Morgan fingerprint density at radius 2 is 2.00 bits per heavy atom. The van der Waals surface area contributed by atoms with E-state index in [1.54, 1.807) is 11.9 Å². The van der Waals surface area contributed by atoms with Gasteiger partial charge in [-0.15, -0.1) is 0 Å². The third kappa shape index (κ3) is 6.57. The number of rotatable bonds is 6. The molecule has 1 rings (SSSR count). The van der Waals surface area contributed by atoms with Crippen LogP contribution in [0, 0.1) is 6.92 Å². The molecule has 4 nitrogen and oxygen atoms in total. The van der Waals surface area contributed by atoms with Crippen LogP contribution in [0.2, 0.25) is 0 Å². The number of hydrogen-bond acceptors (Lipinski definition) is 3. The molecule has 1 amide bonds. The second-order valence-electron chi connectivity index (χ2n) is 5.88. The Kier molecular flexibility index (Phi) is 6.02. The zero-order valence-electron chi connectivity index (χ0n) is 13.1. The molecular formula is C16H25NO3. The Balaban J connectivity index is 2.29. The van der Waals surface area contributed by atoms with E-state index in [9.17, 15) is 4.79 Å². The zero-order chi connectivity index (χ0) is 15.2. The molecule has 0 spiro atoms. The SMILES string of the molecule is Cc1cccc(OCCN(C)C(=O)COC(C)(C)C)c1. The Bertz CT molecular complexity index is 438. The summed E-state index contributed by atoms with van der Waals surface area (Å²) < 4.78 is 11.1. The fourth-order valence-corrected chi connectivity index (χ4v) is 1.52. The molecule has 1 aromatic rings. The van der Waals surface area contributed by atoms with Crippen LogP contribution in [0.25, 0.3) is 0 Å². The van der Waals surface area contributed by atoms with E-state index in [1.165, 1.54) is 0 Å². The summed E-state index contributed by atoms with van der Waals surface area (Å²) in [5.74, 6) is 0.796. The predicted molar refractivity (Wildman–Crippen MR) is 80.0 cm³/mol. The van der Waals surface area contributed by atoms with Gasteiger partial charge in [0.15, 0.2) is 0 Å². The molecular weight excluding hydrogens is 254 g/mol. The number of benzene rings is 1. The number of nitrogens with zero attached hydrogens (tertiary/aromatic N) is 1. The number of carbonyl (C=O) groups is 1. The molecule has 0 bridgehead atoms. The van der Waals surface area contributed by atoms with Crippen LogP contribution in [0.15, 0.2) is 24.3 Å². The molecule has 0 fully saturated rings. The van der Waals surface area contributed by atoms with E-state index in [0.717, 1.165) is 11.3 Å². The fourth-order valence-electron chi connectivity index (χ4n) is 1.52. The van der Waals surface area contributed by atoms with Crippen molar-refractivity contribution in [1.29, 1.82) is 0 Å². The first-order chi connectivity index (χ1) is 9.28. The summed E-state index contributed by atoms with van der Waals surface area (Å²) in [6.07, 6.45) is 0. The summed E-state index contributed by atoms with van der Waals surface area (Å²) in [4.78, 5) is 13.5. The molecule has 0 atom stereocenters. The minimum Gasteiger partial charge on any atom is -0.492 e. The summed E-state index contributed by atoms with van der Waals surface area (Å²) in [6.45, 7) is 8.93. The van der Waals surface area contributed by atoms with Gasteiger partial charge in [-0.2, -0.15) is 0 Å². The standard InChI is InChI=1S/C16H25NO3/c1-13-7-6-8-14(11-13)19-10-9-17(5)15(18)12-20-16(2,3)4/h6-8,11H,9-10,12H2,1-5H3. The summed E-state index contributed by atoms with van der Waals surface area (Å²) in [5, 5.41) is 0. The van der Waals surface area contributed by atoms with E-state index >= 15 is 0 Å². The van der Waals surface area contributed by atoms with Crippen molar-refractivity contribution in [2.24, 2.45) is 0 Å². The van der Waals surface area contributed by atoms with Crippen molar-refractivity contribution in [3.8, 4) is 5.75 Å². The monoisotopic (exact) mass is 279 g/mol. The molecule has 0 aliphatic heterocycles. The number of amides is 1. The van der Waals surface area contributed by atoms with Gasteiger partial charge < -0.3 is 14.4 Å². The summed E-state index contributed by atoms with van der Waals surface area (Å²) in [6, 6.07) is 7.87. The second kappa shape index (κ2) is 7.29. The molecule has 20 heavy (non-hydrogen) atoms. The molecule has 0 unspecified atom stereocenters. The van der Waals surface area contributed by atoms with E-state index in [2.05, 4.69) is 0 Å². The van der Waals surface area contributed by atoms with Gasteiger partial charge in [0.25, 0.3) is 0 Å². The Labute approximate surface area is 121 Å². The van der Waals surface area contributed by atoms with Crippen molar-refractivity contribution in [1.82, 2.24) is 4.90 Å². The lowest BCUT2D eigenvalue weighted by molar-refractivity contribution is -0.140. The largest absolute Gasteiger partial charge is 0.492 e. The smallest absolute Gasteiger partial charge is 0.248 e.